The van der Waals surface area contributed by atoms with Crippen LogP contribution in [0.25, 0.3) is 0 Å². The standard InChI is InChI=1S/C11H19NO2/c12-10(8-3-4-8)6-11(13)9-2-1-5-14-7-9/h8-10H,1-7,12H2. The first-order valence-electron chi connectivity index (χ1n) is 5.63. The van der Waals surface area contributed by atoms with E-state index in [1.54, 1.807) is 0 Å². The van der Waals surface area contributed by atoms with Gasteiger partial charge in [-0.1, -0.05) is 0 Å². The number of carbonyl (C=O) groups excluding carboxylic acids is 1. The Labute approximate surface area is 85.0 Å². The number of hydrogen-bond acceptors (Lipinski definition) is 3. The normalized spacial score (nSPS) is 29.9. The van der Waals surface area contributed by atoms with Crippen LogP contribution in [0.4, 0.5) is 0 Å². The van der Waals surface area contributed by atoms with Crippen LogP contribution in [0.2, 0.25) is 0 Å². The molecular formula is C11H19NO2. The topological polar surface area (TPSA) is 52.3 Å². The highest BCUT2D eigenvalue weighted by molar-refractivity contribution is 5.81. The molecule has 2 atom stereocenters. The minimum Gasteiger partial charge on any atom is -0.381 e. The summed E-state index contributed by atoms with van der Waals surface area (Å²) in [6.07, 6.45) is 5.02. The van der Waals surface area contributed by atoms with Crippen molar-refractivity contribution < 1.29 is 9.53 Å². The summed E-state index contributed by atoms with van der Waals surface area (Å²) in [6.45, 7) is 1.44. The molecule has 1 heterocycles. The zero-order chi connectivity index (χ0) is 9.97. The molecule has 3 nitrogen and oxygen atoms in total. The monoisotopic (exact) mass is 197 g/mol. The van der Waals surface area contributed by atoms with Gasteiger partial charge >= 0.3 is 0 Å². The van der Waals surface area contributed by atoms with Crippen LogP contribution in [0.3, 0.4) is 0 Å². The van der Waals surface area contributed by atoms with Crippen LogP contribution in [-0.2, 0) is 9.53 Å². The smallest absolute Gasteiger partial charge is 0.139 e. The maximum absolute atomic E-state index is 11.8. The molecule has 0 aromatic rings. The second-order valence-electron chi connectivity index (χ2n) is 4.59. The number of hydrogen-bond donors (Lipinski definition) is 1. The molecule has 80 valence electrons. The van der Waals surface area contributed by atoms with Crippen LogP contribution in [-0.4, -0.2) is 25.0 Å². The van der Waals surface area contributed by atoms with Crippen molar-refractivity contribution in [3.63, 3.8) is 0 Å². The van der Waals surface area contributed by atoms with E-state index in [0.29, 0.717) is 24.7 Å². The minimum atomic E-state index is 0.115. The van der Waals surface area contributed by atoms with Gasteiger partial charge in [0.25, 0.3) is 0 Å². The van der Waals surface area contributed by atoms with Crippen molar-refractivity contribution in [3.05, 3.63) is 0 Å². The van der Waals surface area contributed by atoms with Gasteiger partial charge < -0.3 is 10.5 Å². The number of rotatable bonds is 4. The maximum atomic E-state index is 11.8. The molecule has 0 amide bonds. The summed E-state index contributed by atoms with van der Waals surface area (Å²) in [6, 6.07) is 0.115. The maximum Gasteiger partial charge on any atom is 0.139 e. The Morgan fingerprint density at radius 1 is 1.43 bits per heavy atom. The highest BCUT2D eigenvalue weighted by Gasteiger charge is 2.32. The lowest BCUT2D eigenvalue weighted by atomic mass is 9.92. The van der Waals surface area contributed by atoms with Gasteiger partial charge in [-0.15, -0.1) is 0 Å². The second kappa shape index (κ2) is 4.41. The third kappa shape index (κ3) is 2.55. The van der Waals surface area contributed by atoms with E-state index < -0.39 is 0 Å². The average molecular weight is 197 g/mol. The van der Waals surface area contributed by atoms with E-state index in [2.05, 4.69) is 0 Å². The van der Waals surface area contributed by atoms with E-state index >= 15 is 0 Å². The van der Waals surface area contributed by atoms with Gasteiger partial charge in [0.15, 0.2) is 0 Å². The molecule has 2 fully saturated rings. The quantitative estimate of drug-likeness (QED) is 0.734. The second-order valence-corrected chi connectivity index (χ2v) is 4.59. The fourth-order valence-electron chi connectivity index (χ4n) is 2.08. The molecule has 0 spiro atoms. The Bertz CT molecular complexity index is 207. The number of nitrogens with two attached hydrogens (primary N) is 1. The molecule has 3 heteroatoms. The zero-order valence-electron chi connectivity index (χ0n) is 8.58. The third-order valence-electron chi connectivity index (χ3n) is 3.28. The average Bonchev–Trinajstić information content (AvgIpc) is 3.02. The molecule has 1 saturated heterocycles. The lowest BCUT2D eigenvalue weighted by molar-refractivity contribution is -0.127. The molecule has 2 aliphatic rings. The van der Waals surface area contributed by atoms with Gasteiger partial charge in [-0.2, -0.15) is 0 Å². The van der Waals surface area contributed by atoms with E-state index in [-0.39, 0.29) is 12.0 Å². The summed E-state index contributed by atoms with van der Waals surface area (Å²) in [5.74, 6) is 1.08. The predicted molar refractivity (Wildman–Crippen MR) is 53.9 cm³/mol. The molecule has 14 heavy (non-hydrogen) atoms. The molecule has 1 aliphatic carbocycles. The summed E-state index contributed by atoms with van der Waals surface area (Å²) in [4.78, 5) is 11.8. The molecule has 2 N–H and O–H groups in total. The first-order chi connectivity index (χ1) is 6.77. The van der Waals surface area contributed by atoms with Gasteiger partial charge in [-0.05, 0) is 31.6 Å². The summed E-state index contributed by atoms with van der Waals surface area (Å²) < 4.78 is 5.30. The fourth-order valence-corrected chi connectivity index (χ4v) is 2.08. The van der Waals surface area contributed by atoms with E-state index in [4.69, 9.17) is 10.5 Å². The molecule has 2 rings (SSSR count). The van der Waals surface area contributed by atoms with Crippen LogP contribution in [0.5, 0.6) is 0 Å². The zero-order valence-corrected chi connectivity index (χ0v) is 8.58. The number of Topliss-reactive ketones (excluding diaryl/α,β-unsaturated/α-hetero) is 1. The van der Waals surface area contributed by atoms with Gasteiger partial charge in [-0.3, -0.25) is 4.79 Å². The molecule has 0 aromatic heterocycles. The molecule has 0 bridgehead atoms. The highest BCUT2D eigenvalue weighted by Crippen LogP contribution is 2.33. The largest absolute Gasteiger partial charge is 0.381 e. The van der Waals surface area contributed by atoms with Crippen molar-refractivity contribution in [2.75, 3.05) is 13.2 Å². The summed E-state index contributed by atoms with van der Waals surface area (Å²) in [5, 5.41) is 0. The van der Waals surface area contributed by atoms with Crippen LogP contribution in [0, 0.1) is 11.8 Å². The van der Waals surface area contributed by atoms with Gasteiger partial charge in [0.1, 0.15) is 5.78 Å². The van der Waals surface area contributed by atoms with Gasteiger partial charge in [0.2, 0.25) is 0 Å². The van der Waals surface area contributed by atoms with Crippen LogP contribution >= 0.6 is 0 Å². The molecule has 1 aliphatic heterocycles. The Kier molecular flexibility index (Phi) is 3.19. The van der Waals surface area contributed by atoms with Crippen molar-refractivity contribution in [3.8, 4) is 0 Å². The van der Waals surface area contributed by atoms with Gasteiger partial charge in [0, 0.05) is 25.0 Å². The summed E-state index contributed by atoms with van der Waals surface area (Å²) in [5.41, 5.74) is 5.92. The number of carbonyl (C=O) groups is 1. The van der Waals surface area contributed by atoms with Crippen molar-refractivity contribution >= 4 is 5.78 Å². The van der Waals surface area contributed by atoms with Crippen molar-refractivity contribution in [2.45, 2.75) is 38.1 Å². The van der Waals surface area contributed by atoms with Gasteiger partial charge in [-0.25, -0.2) is 0 Å². The van der Waals surface area contributed by atoms with E-state index in [0.717, 1.165) is 19.4 Å². The first kappa shape index (κ1) is 10.1. The molecule has 1 saturated carbocycles. The van der Waals surface area contributed by atoms with E-state index in [1.165, 1.54) is 12.8 Å². The van der Waals surface area contributed by atoms with Crippen molar-refractivity contribution in [1.29, 1.82) is 0 Å². The summed E-state index contributed by atoms with van der Waals surface area (Å²) in [7, 11) is 0. The molecule has 2 unspecified atom stereocenters. The van der Waals surface area contributed by atoms with E-state index in [9.17, 15) is 4.79 Å². The lowest BCUT2D eigenvalue weighted by Gasteiger charge is -2.22. The van der Waals surface area contributed by atoms with E-state index in [1.807, 2.05) is 0 Å². The van der Waals surface area contributed by atoms with Crippen LogP contribution in [0.15, 0.2) is 0 Å². The van der Waals surface area contributed by atoms with Crippen LogP contribution < -0.4 is 5.73 Å². The Hall–Kier alpha value is -0.410. The van der Waals surface area contributed by atoms with Crippen LogP contribution in [0.1, 0.15) is 32.1 Å². The fraction of sp³-hybridized carbons (Fsp3) is 0.909. The molecular weight excluding hydrogens is 178 g/mol. The summed E-state index contributed by atoms with van der Waals surface area (Å²) >= 11 is 0. The SMILES string of the molecule is NC(CC(=O)C1CCCOC1)C1CC1. The van der Waals surface area contributed by atoms with Crippen molar-refractivity contribution in [1.82, 2.24) is 0 Å². The first-order valence-corrected chi connectivity index (χ1v) is 5.63. The number of ether oxygens (including phenoxy) is 1. The Morgan fingerprint density at radius 2 is 2.21 bits per heavy atom. The minimum absolute atomic E-state index is 0.115. The van der Waals surface area contributed by atoms with Crippen molar-refractivity contribution in [2.24, 2.45) is 17.6 Å². The predicted octanol–water partition coefficient (Wildman–Crippen LogP) is 1.11. The molecule has 0 aromatic carbocycles. The highest BCUT2D eigenvalue weighted by atomic mass is 16.5. The molecule has 0 radical (unpaired) electrons. The Morgan fingerprint density at radius 3 is 2.79 bits per heavy atom. The Balaban J connectivity index is 1.75. The third-order valence-corrected chi connectivity index (χ3v) is 3.28. The van der Waals surface area contributed by atoms with Gasteiger partial charge in [0.05, 0.1) is 6.61 Å². The lowest BCUT2D eigenvalue weighted by Crippen LogP contribution is -2.32. The number of ketones is 1.